The third-order valence-electron chi connectivity index (χ3n) is 5.16. The average Bonchev–Trinajstić information content (AvgIpc) is 2.64. The second-order valence-electron chi connectivity index (χ2n) is 6.80. The van der Waals surface area contributed by atoms with Crippen molar-refractivity contribution in [3.63, 3.8) is 0 Å². The van der Waals surface area contributed by atoms with Crippen molar-refractivity contribution in [2.75, 3.05) is 20.2 Å². The summed E-state index contributed by atoms with van der Waals surface area (Å²) in [6.07, 6.45) is -3.21. The predicted molar refractivity (Wildman–Crippen MR) is 87.6 cm³/mol. The van der Waals surface area contributed by atoms with Crippen LogP contribution in [0.3, 0.4) is 0 Å². The SMILES string of the molecule is COc1cc2nc[nH]c(=O)c2cc1O[C@H]1[C@@H]2C[C@H]1CN(C(=O)C(F)(F)F)C2. The number of carbonyl (C=O) groups excluding carboxylic acids is 1. The van der Waals surface area contributed by atoms with Crippen molar-refractivity contribution in [1.29, 1.82) is 0 Å². The maximum Gasteiger partial charge on any atom is 0.471 e. The van der Waals surface area contributed by atoms with Crippen molar-refractivity contribution in [2.45, 2.75) is 18.7 Å². The molecular weight excluding hydrogens is 367 g/mol. The lowest BCUT2D eigenvalue weighted by molar-refractivity contribution is -0.196. The molecule has 1 saturated heterocycles. The molecule has 10 heteroatoms. The van der Waals surface area contributed by atoms with E-state index in [1.807, 2.05) is 0 Å². The molecule has 1 N–H and O–H groups in total. The van der Waals surface area contributed by atoms with Gasteiger partial charge in [-0.15, -0.1) is 0 Å². The Morgan fingerprint density at radius 1 is 1.26 bits per heavy atom. The molecule has 2 bridgehead atoms. The van der Waals surface area contributed by atoms with Gasteiger partial charge in [-0.05, 0) is 12.5 Å². The second-order valence-corrected chi connectivity index (χ2v) is 6.80. The Kier molecular flexibility index (Phi) is 4.01. The van der Waals surface area contributed by atoms with Crippen molar-refractivity contribution in [2.24, 2.45) is 11.8 Å². The summed E-state index contributed by atoms with van der Waals surface area (Å²) in [7, 11) is 1.45. The van der Waals surface area contributed by atoms with Crippen molar-refractivity contribution in [3.8, 4) is 11.5 Å². The molecule has 1 aromatic carbocycles. The van der Waals surface area contributed by atoms with Gasteiger partial charge in [-0.3, -0.25) is 9.59 Å². The van der Waals surface area contributed by atoms with Crippen LogP contribution >= 0.6 is 0 Å². The molecule has 0 radical (unpaired) electrons. The lowest BCUT2D eigenvalue weighted by Crippen LogP contribution is -2.63. The van der Waals surface area contributed by atoms with Crippen LogP contribution in [0.1, 0.15) is 6.42 Å². The number of aromatic nitrogens is 2. The molecule has 1 aliphatic carbocycles. The Labute approximate surface area is 151 Å². The summed E-state index contributed by atoms with van der Waals surface area (Å²) in [4.78, 5) is 30.8. The number of alkyl halides is 3. The van der Waals surface area contributed by atoms with E-state index in [-0.39, 0.29) is 36.6 Å². The number of piperidine rings is 2. The van der Waals surface area contributed by atoms with Gasteiger partial charge in [0.15, 0.2) is 11.5 Å². The Morgan fingerprint density at radius 2 is 1.96 bits per heavy atom. The molecule has 2 aromatic rings. The highest BCUT2D eigenvalue weighted by Crippen LogP contribution is 2.45. The molecule has 3 atom stereocenters. The minimum Gasteiger partial charge on any atom is -0.493 e. The van der Waals surface area contributed by atoms with Crippen LogP contribution in [0.15, 0.2) is 23.3 Å². The number of rotatable bonds is 3. The predicted octanol–water partition coefficient (Wildman–Crippen LogP) is 1.72. The van der Waals surface area contributed by atoms with E-state index in [2.05, 4.69) is 9.97 Å². The van der Waals surface area contributed by atoms with Crippen LogP contribution in [-0.4, -0.2) is 53.3 Å². The number of H-pyrrole nitrogens is 1. The number of nitrogens with one attached hydrogen (secondary N) is 1. The van der Waals surface area contributed by atoms with Crippen LogP contribution in [0, 0.1) is 11.8 Å². The highest BCUT2D eigenvalue weighted by Gasteiger charge is 2.53. The van der Waals surface area contributed by atoms with E-state index >= 15 is 0 Å². The molecule has 0 unspecified atom stereocenters. The molecule has 144 valence electrons. The van der Waals surface area contributed by atoms with Crippen molar-refractivity contribution >= 4 is 16.8 Å². The summed E-state index contributed by atoms with van der Waals surface area (Å²) in [6, 6.07) is 3.10. The van der Waals surface area contributed by atoms with E-state index in [1.54, 1.807) is 6.07 Å². The molecular formula is C17H16F3N3O4. The van der Waals surface area contributed by atoms with Gasteiger partial charge >= 0.3 is 12.1 Å². The van der Waals surface area contributed by atoms with Crippen LogP contribution in [0.5, 0.6) is 11.5 Å². The molecule has 7 nitrogen and oxygen atoms in total. The van der Waals surface area contributed by atoms with Gasteiger partial charge < -0.3 is 19.4 Å². The molecule has 2 aliphatic rings. The number of carbonyl (C=O) groups is 1. The van der Waals surface area contributed by atoms with Crippen molar-refractivity contribution in [1.82, 2.24) is 14.9 Å². The highest BCUT2D eigenvalue weighted by molar-refractivity contribution is 5.82. The molecule has 2 fully saturated rings. The Balaban J connectivity index is 1.55. The number of aromatic amines is 1. The first-order valence-electron chi connectivity index (χ1n) is 8.36. The largest absolute Gasteiger partial charge is 0.493 e. The van der Waals surface area contributed by atoms with Gasteiger partial charge in [-0.25, -0.2) is 4.98 Å². The molecule has 1 amide bonds. The number of nitrogens with zero attached hydrogens (tertiary/aromatic N) is 2. The van der Waals surface area contributed by atoms with Gasteiger partial charge in [-0.1, -0.05) is 0 Å². The van der Waals surface area contributed by atoms with E-state index in [1.165, 1.54) is 19.5 Å². The lowest BCUT2D eigenvalue weighted by atomic mass is 9.68. The van der Waals surface area contributed by atoms with Crippen LogP contribution in [0.4, 0.5) is 13.2 Å². The summed E-state index contributed by atoms with van der Waals surface area (Å²) < 4.78 is 49.2. The molecule has 2 heterocycles. The molecule has 1 aromatic heterocycles. The monoisotopic (exact) mass is 383 g/mol. The first kappa shape index (κ1) is 17.6. The number of fused-ring (bicyclic) bond motifs is 3. The van der Waals surface area contributed by atoms with E-state index in [9.17, 15) is 22.8 Å². The van der Waals surface area contributed by atoms with Gasteiger partial charge in [0, 0.05) is 31.0 Å². The fourth-order valence-electron chi connectivity index (χ4n) is 3.86. The molecule has 4 rings (SSSR count). The number of hydrogen-bond acceptors (Lipinski definition) is 5. The fourth-order valence-corrected chi connectivity index (χ4v) is 3.86. The highest BCUT2D eigenvalue weighted by atomic mass is 19.4. The minimum absolute atomic E-state index is 0.00243. The summed E-state index contributed by atoms with van der Waals surface area (Å²) >= 11 is 0. The smallest absolute Gasteiger partial charge is 0.471 e. The van der Waals surface area contributed by atoms with Gasteiger partial charge in [0.2, 0.25) is 0 Å². The van der Waals surface area contributed by atoms with E-state index < -0.39 is 12.1 Å². The zero-order chi connectivity index (χ0) is 19.3. The summed E-state index contributed by atoms with van der Waals surface area (Å²) in [5.41, 5.74) is 0.113. The standard InChI is InChI=1S/C17H16F3N3O4/c1-26-12-4-11-10(15(24)22-7-21-11)3-13(12)27-14-8-2-9(14)6-23(5-8)16(25)17(18,19)20/h3-4,7-9,14H,2,5-6H2,1H3,(H,21,22,24)/t8-,9+,14+. The number of methoxy groups -OCH3 is 1. The topological polar surface area (TPSA) is 84.5 Å². The van der Waals surface area contributed by atoms with Crippen molar-refractivity contribution < 1.29 is 27.4 Å². The molecule has 0 spiro atoms. The molecule has 1 aliphatic heterocycles. The third-order valence-corrected chi connectivity index (χ3v) is 5.16. The van der Waals surface area contributed by atoms with Crippen LogP contribution in [0.2, 0.25) is 0 Å². The number of benzene rings is 1. The number of ether oxygens (including phenoxy) is 2. The van der Waals surface area contributed by atoms with Gasteiger partial charge in [-0.2, -0.15) is 13.2 Å². The molecule has 27 heavy (non-hydrogen) atoms. The second kappa shape index (κ2) is 6.14. The zero-order valence-electron chi connectivity index (χ0n) is 14.2. The number of halogens is 3. The van der Waals surface area contributed by atoms with Gasteiger partial charge in [0.05, 0.1) is 24.3 Å². The van der Waals surface area contributed by atoms with Crippen LogP contribution < -0.4 is 15.0 Å². The van der Waals surface area contributed by atoms with E-state index in [4.69, 9.17) is 9.47 Å². The quantitative estimate of drug-likeness (QED) is 0.873. The first-order valence-corrected chi connectivity index (χ1v) is 8.36. The van der Waals surface area contributed by atoms with Gasteiger partial charge in [0.1, 0.15) is 6.10 Å². The number of likely N-dealkylation sites (tertiary alicyclic amines) is 1. The maximum atomic E-state index is 12.6. The summed E-state index contributed by atoms with van der Waals surface area (Å²) in [5.74, 6) is -1.48. The number of amides is 1. The summed E-state index contributed by atoms with van der Waals surface area (Å²) in [5, 5.41) is 0.326. The lowest BCUT2D eigenvalue weighted by Gasteiger charge is -2.52. The zero-order valence-corrected chi connectivity index (χ0v) is 14.2. The van der Waals surface area contributed by atoms with Crippen molar-refractivity contribution in [3.05, 3.63) is 28.8 Å². The number of hydrogen-bond donors (Lipinski definition) is 1. The summed E-state index contributed by atoms with van der Waals surface area (Å²) in [6.45, 7) is -0.00487. The van der Waals surface area contributed by atoms with E-state index in [0.29, 0.717) is 28.8 Å². The molecule has 1 saturated carbocycles. The van der Waals surface area contributed by atoms with Gasteiger partial charge in [0.25, 0.3) is 5.56 Å². The normalized spacial score (nSPS) is 24.4. The third kappa shape index (κ3) is 2.98. The van der Waals surface area contributed by atoms with Crippen LogP contribution in [-0.2, 0) is 4.79 Å². The Hall–Kier alpha value is -2.78. The van der Waals surface area contributed by atoms with E-state index in [0.717, 1.165) is 4.90 Å². The average molecular weight is 383 g/mol. The first-order chi connectivity index (χ1) is 12.8. The fraction of sp³-hybridized carbons (Fsp3) is 0.471. The maximum absolute atomic E-state index is 12.6. The Morgan fingerprint density at radius 3 is 2.59 bits per heavy atom. The Bertz CT molecular complexity index is 947. The minimum atomic E-state index is -4.87. The van der Waals surface area contributed by atoms with Crippen LogP contribution in [0.25, 0.3) is 10.9 Å².